The van der Waals surface area contributed by atoms with Crippen molar-refractivity contribution in [1.29, 1.82) is 0 Å². The molecule has 1 saturated heterocycles. The van der Waals surface area contributed by atoms with E-state index in [1.165, 1.54) is 12.1 Å². The molecule has 0 amide bonds. The molecule has 1 aromatic carbocycles. The third kappa shape index (κ3) is 4.67. The van der Waals surface area contributed by atoms with E-state index in [0.717, 1.165) is 31.7 Å². The summed E-state index contributed by atoms with van der Waals surface area (Å²) in [7, 11) is 0. The van der Waals surface area contributed by atoms with E-state index in [2.05, 4.69) is 26.1 Å². The van der Waals surface area contributed by atoms with Gasteiger partial charge in [0.1, 0.15) is 5.82 Å². The predicted molar refractivity (Wildman–Crippen MR) is 79.1 cm³/mol. The molecule has 0 spiro atoms. The normalized spacial score (nSPS) is 17.8. The summed E-state index contributed by atoms with van der Waals surface area (Å²) in [4.78, 5) is 2.22. The third-order valence-corrected chi connectivity index (χ3v) is 3.70. The van der Waals surface area contributed by atoms with E-state index >= 15 is 0 Å². The molecule has 1 aliphatic rings. The maximum absolute atomic E-state index is 13.4. The van der Waals surface area contributed by atoms with Gasteiger partial charge in [0.15, 0.2) is 0 Å². The fourth-order valence-electron chi connectivity index (χ4n) is 2.42. The number of rotatable bonds is 4. The molecule has 0 aliphatic carbocycles. The highest BCUT2D eigenvalue weighted by atomic mass is 79.9. The van der Waals surface area contributed by atoms with Gasteiger partial charge in [-0.3, -0.25) is 9.29 Å². The Bertz CT molecular complexity index is 380. The van der Waals surface area contributed by atoms with Crippen molar-refractivity contribution in [3.8, 4) is 0 Å². The van der Waals surface area contributed by atoms with Crippen LogP contribution in [0.3, 0.4) is 0 Å². The van der Waals surface area contributed by atoms with E-state index in [0.29, 0.717) is 10.9 Å². The molecule has 0 bridgehead atoms. The summed E-state index contributed by atoms with van der Waals surface area (Å²) in [5, 5.41) is 3.27. The molecule has 1 atom stereocenters. The fraction of sp³-hybridized carbons (Fsp3) is 0.538. The van der Waals surface area contributed by atoms with Crippen LogP contribution < -0.4 is 5.32 Å². The molecular formula is C13H18BrClF2N2. The third-order valence-electron chi connectivity index (χ3n) is 3.24. The van der Waals surface area contributed by atoms with Gasteiger partial charge in [-0.2, -0.15) is 0 Å². The number of benzene rings is 1. The van der Waals surface area contributed by atoms with Gasteiger partial charge >= 0.3 is 0 Å². The molecule has 1 N–H and O–H groups in total. The number of hydrogen-bond acceptors (Lipinski definition) is 2. The summed E-state index contributed by atoms with van der Waals surface area (Å²) in [6, 6.07) is 4.77. The van der Waals surface area contributed by atoms with Gasteiger partial charge in [0.25, 0.3) is 0 Å². The van der Waals surface area contributed by atoms with Crippen molar-refractivity contribution in [3.05, 3.63) is 34.1 Å². The summed E-state index contributed by atoms with van der Waals surface area (Å²) >= 11 is 3.29. The summed E-state index contributed by atoms with van der Waals surface area (Å²) < 4.78 is 26.9. The second kappa shape index (κ2) is 8.15. The van der Waals surface area contributed by atoms with Crippen LogP contribution in [-0.4, -0.2) is 37.8 Å². The van der Waals surface area contributed by atoms with Crippen molar-refractivity contribution >= 4 is 28.3 Å². The first-order chi connectivity index (χ1) is 8.70. The Morgan fingerprint density at radius 3 is 2.53 bits per heavy atom. The van der Waals surface area contributed by atoms with Crippen LogP contribution >= 0.6 is 28.3 Å². The molecule has 0 unspecified atom stereocenters. The monoisotopic (exact) mass is 354 g/mol. The average Bonchev–Trinajstić information content (AvgIpc) is 2.36. The molecule has 0 aromatic heterocycles. The van der Waals surface area contributed by atoms with Crippen LogP contribution in [0, 0.1) is 5.82 Å². The van der Waals surface area contributed by atoms with Crippen LogP contribution in [0.5, 0.6) is 0 Å². The van der Waals surface area contributed by atoms with Gasteiger partial charge in [0.2, 0.25) is 0 Å². The highest BCUT2D eigenvalue weighted by Crippen LogP contribution is 2.28. The summed E-state index contributed by atoms with van der Waals surface area (Å²) in [6.07, 6.45) is 0.413. The first kappa shape index (κ1) is 16.8. The van der Waals surface area contributed by atoms with Crippen LogP contribution in [0.15, 0.2) is 22.7 Å². The van der Waals surface area contributed by atoms with Crippen LogP contribution in [0.25, 0.3) is 0 Å². The minimum absolute atomic E-state index is 0. The van der Waals surface area contributed by atoms with Crippen molar-refractivity contribution in [2.45, 2.75) is 12.5 Å². The Labute approximate surface area is 127 Å². The molecule has 1 aliphatic heterocycles. The molecule has 1 aromatic rings. The van der Waals surface area contributed by atoms with Gasteiger partial charge in [0, 0.05) is 36.7 Å². The van der Waals surface area contributed by atoms with E-state index < -0.39 is 0 Å². The SMILES string of the molecule is Cl.FCC[C@H](c1cc(F)cc(Br)c1)N1CCNCC1. The Morgan fingerprint density at radius 2 is 1.95 bits per heavy atom. The van der Waals surface area contributed by atoms with Crippen molar-refractivity contribution < 1.29 is 8.78 Å². The van der Waals surface area contributed by atoms with Crippen molar-refractivity contribution in [2.75, 3.05) is 32.9 Å². The van der Waals surface area contributed by atoms with E-state index in [1.807, 2.05) is 6.07 Å². The molecular weight excluding hydrogens is 338 g/mol. The van der Waals surface area contributed by atoms with Crippen molar-refractivity contribution in [1.82, 2.24) is 10.2 Å². The molecule has 0 saturated carbocycles. The van der Waals surface area contributed by atoms with Crippen LogP contribution in [0.2, 0.25) is 0 Å². The quantitative estimate of drug-likeness (QED) is 0.891. The van der Waals surface area contributed by atoms with E-state index in [1.54, 1.807) is 0 Å². The maximum atomic E-state index is 13.4. The fourth-order valence-corrected chi connectivity index (χ4v) is 2.91. The van der Waals surface area contributed by atoms with E-state index in [-0.39, 0.29) is 30.9 Å². The molecule has 1 heterocycles. The Hall–Kier alpha value is -0.230. The molecule has 2 rings (SSSR count). The lowest BCUT2D eigenvalue weighted by Gasteiger charge is -2.35. The summed E-state index contributed by atoms with van der Waals surface area (Å²) in [5.41, 5.74) is 0.849. The zero-order chi connectivity index (χ0) is 13.0. The standard InChI is InChI=1S/C13H17BrF2N2.ClH/c14-11-7-10(8-12(16)9-11)13(1-2-15)18-5-3-17-4-6-18;/h7-9,13,17H,1-6H2;1H/t13-;/m1./s1. The average molecular weight is 356 g/mol. The number of hydrogen-bond donors (Lipinski definition) is 1. The number of nitrogens with one attached hydrogen (secondary N) is 1. The lowest BCUT2D eigenvalue weighted by atomic mass is 10.0. The summed E-state index contributed by atoms with van der Waals surface area (Å²) in [5.74, 6) is -0.279. The zero-order valence-corrected chi connectivity index (χ0v) is 12.9. The van der Waals surface area contributed by atoms with Gasteiger partial charge in [0.05, 0.1) is 6.67 Å². The zero-order valence-electron chi connectivity index (χ0n) is 10.5. The maximum Gasteiger partial charge on any atom is 0.124 e. The molecule has 2 nitrogen and oxygen atoms in total. The first-order valence-electron chi connectivity index (χ1n) is 6.17. The topological polar surface area (TPSA) is 15.3 Å². The van der Waals surface area contributed by atoms with Gasteiger partial charge in [-0.1, -0.05) is 15.9 Å². The second-order valence-electron chi connectivity index (χ2n) is 4.48. The Balaban J connectivity index is 0.00000180. The number of halogens is 4. The Kier molecular flexibility index (Phi) is 7.21. The van der Waals surface area contributed by atoms with Crippen LogP contribution in [0.1, 0.15) is 18.0 Å². The lowest BCUT2D eigenvalue weighted by molar-refractivity contribution is 0.157. The number of piperazine rings is 1. The minimum Gasteiger partial charge on any atom is -0.314 e. The van der Waals surface area contributed by atoms with Gasteiger partial charge in [-0.05, 0) is 30.2 Å². The number of nitrogens with zero attached hydrogens (tertiary/aromatic N) is 1. The molecule has 0 radical (unpaired) electrons. The smallest absolute Gasteiger partial charge is 0.124 e. The molecule has 6 heteroatoms. The van der Waals surface area contributed by atoms with E-state index in [4.69, 9.17) is 0 Å². The van der Waals surface area contributed by atoms with Gasteiger partial charge < -0.3 is 5.32 Å². The Morgan fingerprint density at radius 1 is 1.26 bits per heavy atom. The first-order valence-corrected chi connectivity index (χ1v) is 6.96. The van der Waals surface area contributed by atoms with E-state index in [9.17, 15) is 8.78 Å². The van der Waals surface area contributed by atoms with Gasteiger partial charge in [-0.25, -0.2) is 4.39 Å². The molecule has 1 fully saturated rings. The highest BCUT2D eigenvalue weighted by molar-refractivity contribution is 9.10. The van der Waals surface area contributed by atoms with Gasteiger partial charge in [-0.15, -0.1) is 12.4 Å². The summed E-state index contributed by atoms with van der Waals surface area (Å²) in [6.45, 7) is 3.17. The molecule has 108 valence electrons. The predicted octanol–water partition coefficient (Wildman–Crippen LogP) is 3.32. The number of alkyl halides is 1. The van der Waals surface area contributed by atoms with Crippen LogP contribution in [0.4, 0.5) is 8.78 Å². The second-order valence-corrected chi connectivity index (χ2v) is 5.40. The highest BCUT2D eigenvalue weighted by Gasteiger charge is 2.22. The minimum atomic E-state index is -0.386. The molecule has 19 heavy (non-hydrogen) atoms. The van der Waals surface area contributed by atoms with Crippen LogP contribution in [-0.2, 0) is 0 Å². The lowest BCUT2D eigenvalue weighted by Crippen LogP contribution is -2.45. The van der Waals surface area contributed by atoms with Crippen molar-refractivity contribution in [2.24, 2.45) is 0 Å². The largest absolute Gasteiger partial charge is 0.314 e. The van der Waals surface area contributed by atoms with Crippen molar-refractivity contribution in [3.63, 3.8) is 0 Å².